The quantitative estimate of drug-likeness (QED) is 0.867. The smallest absolute Gasteiger partial charge is 0.156 e. The molecule has 0 bridgehead atoms. The SMILES string of the molecule is Cc1cnc(-c2ncc(CNCC(C)C)[nH]2)c(C)c1. The lowest BCUT2D eigenvalue weighted by atomic mass is 10.1. The van der Waals surface area contributed by atoms with E-state index in [2.05, 4.69) is 47.1 Å². The summed E-state index contributed by atoms with van der Waals surface area (Å²) < 4.78 is 0. The zero-order chi connectivity index (χ0) is 13.8. The van der Waals surface area contributed by atoms with Crippen LogP contribution in [0.3, 0.4) is 0 Å². The average molecular weight is 258 g/mol. The fourth-order valence-electron chi connectivity index (χ4n) is 2.03. The van der Waals surface area contributed by atoms with Gasteiger partial charge in [0.1, 0.15) is 5.69 Å². The monoisotopic (exact) mass is 258 g/mol. The van der Waals surface area contributed by atoms with Crippen LogP contribution in [0.15, 0.2) is 18.5 Å². The van der Waals surface area contributed by atoms with E-state index in [-0.39, 0.29) is 0 Å². The molecule has 2 rings (SSSR count). The lowest BCUT2D eigenvalue weighted by Gasteiger charge is -2.05. The van der Waals surface area contributed by atoms with Crippen molar-refractivity contribution in [3.63, 3.8) is 0 Å². The number of nitrogens with one attached hydrogen (secondary N) is 2. The summed E-state index contributed by atoms with van der Waals surface area (Å²) in [5.41, 5.74) is 4.35. The van der Waals surface area contributed by atoms with Gasteiger partial charge in [-0.2, -0.15) is 0 Å². The van der Waals surface area contributed by atoms with E-state index in [1.165, 1.54) is 5.56 Å². The van der Waals surface area contributed by atoms with Gasteiger partial charge in [-0.05, 0) is 37.4 Å². The first-order chi connectivity index (χ1) is 9.06. The molecule has 0 saturated heterocycles. The van der Waals surface area contributed by atoms with Crippen molar-refractivity contribution in [2.75, 3.05) is 6.54 Å². The summed E-state index contributed by atoms with van der Waals surface area (Å²) in [4.78, 5) is 12.2. The van der Waals surface area contributed by atoms with Gasteiger partial charge in [0.25, 0.3) is 0 Å². The molecule has 0 amide bonds. The van der Waals surface area contributed by atoms with E-state index in [0.29, 0.717) is 5.92 Å². The van der Waals surface area contributed by atoms with E-state index in [4.69, 9.17) is 0 Å². The fraction of sp³-hybridized carbons (Fsp3) is 0.467. The summed E-state index contributed by atoms with van der Waals surface area (Å²) in [5.74, 6) is 1.50. The van der Waals surface area contributed by atoms with Gasteiger partial charge in [-0.25, -0.2) is 4.98 Å². The minimum absolute atomic E-state index is 0.656. The third-order valence-corrected chi connectivity index (χ3v) is 2.94. The first-order valence-electron chi connectivity index (χ1n) is 6.74. The molecule has 0 fully saturated rings. The molecule has 0 aliphatic carbocycles. The molecule has 0 atom stereocenters. The maximum atomic E-state index is 4.46. The van der Waals surface area contributed by atoms with Crippen molar-refractivity contribution < 1.29 is 0 Å². The number of imidazole rings is 1. The number of aromatic nitrogens is 3. The summed E-state index contributed by atoms with van der Waals surface area (Å²) in [6.45, 7) is 10.3. The Morgan fingerprint density at radius 3 is 2.68 bits per heavy atom. The Labute approximate surface area is 114 Å². The van der Waals surface area contributed by atoms with Gasteiger partial charge in [-0.3, -0.25) is 4.98 Å². The van der Waals surface area contributed by atoms with Crippen LogP contribution in [0.25, 0.3) is 11.5 Å². The molecule has 0 aromatic carbocycles. The van der Waals surface area contributed by atoms with Gasteiger partial charge in [0.15, 0.2) is 5.82 Å². The third-order valence-electron chi connectivity index (χ3n) is 2.94. The molecule has 0 aliphatic rings. The average Bonchev–Trinajstić information content (AvgIpc) is 2.77. The number of H-pyrrole nitrogens is 1. The summed E-state index contributed by atoms with van der Waals surface area (Å²) in [5, 5.41) is 3.40. The van der Waals surface area contributed by atoms with Crippen molar-refractivity contribution in [3.8, 4) is 11.5 Å². The molecular formula is C15H22N4. The van der Waals surface area contributed by atoms with E-state index in [9.17, 15) is 0 Å². The number of hydrogen-bond acceptors (Lipinski definition) is 3. The highest BCUT2D eigenvalue weighted by Crippen LogP contribution is 2.18. The molecule has 4 heteroatoms. The van der Waals surface area contributed by atoms with Gasteiger partial charge in [0, 0.05) is 18.4 Å². The van der Waals surface area contributed by atoms with Crippen molar-refractivity contribution in [3.05, 3.63) is 35.3 Å². The Balaban J connectivity index is 2.08. The fourth-order valence-corrected chi connectivity index (χ4v) is 2.03. The van der Waals surface area contributed by atoms with Crippen molar-refractivity contribution in [1.82, 2.24) is 20.3 Å². The third kappa shape index (κ3) is 3.64. The molecule has 0 unspecified atom stereocenters. The highest BCUT2D eigenvalue weighted by molar-refractivity contribution is 5.55. The second-order valence-corrected chi connectivity index (χ2v) is 5.46. The van der Waals surface area contributed by atoms with Gasteiger partial charge >= 0.3 is 0 Å². The van der Waals surface area contributed by atoms with Gasteiger partial charge in [-0.1, -0.05) is 19.9 Å². The molecule has 0 aliphatic heterocycles. The summed E-state index contributed by atoms with van der Waals surface area (Å²) in [6.07, 6.45) is 3.76. The maximum Gasteiger partial charge on any atom is 0.156 e. The zero-order valence-corrected chi connectivity index (χ0v) is 12.1. The molecule has 0 spiro atoms. The van der Waals surface area contributed by atoms with Crippen LogP contribution in [0.5, 0.6) is 0 Å². The molecule has 102 valence electrons. The van der Waals surface area contributed by atoms with Crippen molar-refractivity contribution >= 4 is 0 Å². The molecule has 2 aromatic rings. The minimum Gasteiger partial charge on any atom is -0.339 e. The van der Waals surface area contributed by atoms with Crippen LogP contribution in [0.4, 0.5) is 0 Å². The standard InChI is InChI=1S/C15H22N4/c1-10(2)6-16-8-13-9-18-15(19-13)14-12(4)5-11(3)7-17-14/h5,7,9-10,16H,6,8H2,1-4H3,(H,18,19). The van der Waals surface area contributed by atoms with Crippen molar-refractivity contribution in [2.24, 2.45) is 5.92 Å². The van der Waals surface area contributed by atoms with E-state index in [1.807, 2.05) is 19.3 Å². The summed E-state index contributed by atoms with van der Waals surface area (Å²) >= 11 is 0. The second kappa shape index (κ2) is 5.97. The van der Waals surface area contributed by atoms with E-state index >= 15 is 0 Å². The topological polar surface area (TPSA) is 53.6 Å². The van der Waals surface area contributed by atoms with Crippen molar-refractivity contribution in [2.45, 2.75) is 34.2 Å². The number of nitrogens with zero attached hydrogens (tertiary/aromatic N) is 2. The van der Waals surface area contributed by atoms with E-state index in [1.54, 1.807) is 0 Å². The number of pyridine rings is 1. The molecule has 19 heavy (non-hydrogen) atoms. The van der Waals surface area contributed by atoms with Crippen LogP contribution in [0.2, 0.25) is 0 Å². The van der Waals surface area contributed by atoms with Gasteiger partial charge in [0.05, 0.1) is 6.20 Å². The van der Waals surface area contributed by atoms with Crippen LogP contribution < -0.4 is 5.32 Å². The van der Waals surface area contributed by atoms with E-state index < -0.39 is 0 Å². The van der Waals surface area contributed by atoms with Gasteiger partial charge in [-0.15, -0.1) is 0 Å². The molecule has 2 aromatic heterocycles. The minimum atomic E-state index is 0.656. The molecule has 0 saturated carbocycles. The summed E-state index contributed by atoms with van der Waals surface area (Å²) in [6, 6.07) is 2.13. The predicted molar refractivity (Wildman–Crippen MR) is 77.8 cm³/mol. The van der Waals surface area contributed by atoms with Crippen LogP contribution in [0, 0.1) is 19.8 Å². The van der Waals surface area contributed by atoms with Crippen LogP contribution in [-0.4, -0.2) is 21.5 Å². The predicted octanol–water partition coefficient (Wildman–Crippen LogP) is 2.83. The number of hydrogen-bond donors (Lipinski definition) is 2. The maximum absolute atomic E-state index is 4.46. The lowest BCUT2D eigenvalue weighted by Crippen LogP contribution is -2.19. The highest BCUT2D eigenvalue weighted by atomic mass is 15.0. The largest absolute Gasteiger partial charge is 0.339 e. The number of aryl methyl sites for hydroxylation is 2. The van der Waals surface area contributed by atoms with Gasteiger partial charge < -0.3 is 10.3 Å². The molecule has 0 radical (unpaired) electrons. The molecule has 2 heterocycles. The Bertz CT molecular complexity index is 543. The Morgan fingerprint density at radius 2 is 2.00 bits per heavy atom. The van der Waals surface area contributed by atoms with Crippen LogP contribution in [-0.2, 0) is 6.54 Å². The Kier molecular flexibility index (Phi) is 4.32. The van der Waals surface area contributed by atoms with Crippen LogP contribution >= 0.6 is 0 Å². The number of rotatable bonds is 5. The second-order valence-electron chi connectivity index (χ2n) is 5.46. The Hall–Kier alpha value is -1.68. The van der Waals surface area contributed by atoms with Gasteiger partial charge in [0.2, 0.25) is 0 Å². The Morgan fingerprint density at radius 1 is 1.21 bits per heavy atom. The normalized spacial score (nSPS) is 11.2. The lowest BCUT2D eigenvalue weighted by molar-refractivity contribution is 0.549. The summed E-state index contributed by atoms with van der Waals surface area (Å²) in [7, 11) is 0. The first kappa shape index (κ1) is 13.7. The van der Waals surface area contributed by atoms with Crippen molar-refractivity contribution in [1.29, 1.82) is 0 Å². The van der Waals surface area contributed by atoms with E-state index in [0.717, 1.165) is 35.9 Å². The molecular weight excluding hydrogens is 236 g/mol. The first-order valence-corrected chi connectivity index (χ1v) is 6.74. The zero-order valence-electron chi connectivity index (χ0n) is 12.1. The molecule has 4 nitrogen and oxygen atoms in total. The van der Waals surface area contributed by atoms with Crippen LogP contribution in [0.1, 0.15) is 30.7 Å². The highest BCUT2D eigenvalue weighted by Gasteiger charge is 2.08. The number of aromatic amines is 1. The molecule has 2 N–H and O–H groups in total.